The minimum absolute atomic E-state index is 0.175. The van der Waals surface area contributed by atoms with Crippen LogP contribution >= 0.6 is 22.6 Å². The maximum Gasteiger partial charge on any atom is 0.397 e. The fourth-order valence-electron chi connectivity index (χ4n) is 1.63. The minimum Gasteiger partial charge on any atom is -0.456 e. The minimum atomic E-state index is -1.02. The predicted octanol–water partition coefficient (Wildman–Crippen LogP) is 3.53. The molecule has 1 amide bonds. The molecular weight excluding hydrogens is 425 g/mol. The number of hydrogen-bond acceptors (Lipinski definition) is 5. The van der Waals surface area contributed by atoms with Crippen molar-refractivity contribution in [2.24, 2.45) is 0 Å². The average Bonchev–Trinajstić information content (AvgIpc) is 2.36. The molecular formula is C17H22INO5. The summed E-state index contributed by atoms with van der Waals surface area (Å²) in [6.07, 6.45) is 0. The largest absolute Gasteiger partial charge is 0.456 e. The lowest BCUT2D eigenvalue weighted by molar-refractivity contribution is -0.161. The molecule has 7 heteroatoms. The van der Waals surface area contributed by atoms with Crippen LogP contribution in [0, 0.1) is 3.57 Å². The SMILES string of the molecule is CC(C)(C)OC(=O)C(=O)Nc1ccc(I)cc1C(=O)OC(C)(C)C. The highest BCUT2D eigenvalue weighted by molar-refractivity contribution is 14.1. The first kappa shape index (κ1) is 20.4. The van der Waals surface area contributed by atoms with Crippen molar-refractivity contribution in [3.8, 4) is 0 Å². The van der Waals surface area contributed by atoms with Gasteiger partial charge in [-0.05, 0) is 82.3 Å². The molecule has 0 saturated carbocycles. The number of halogens is 1. The molecule has 1 rings (SSSR count). The molecule has 0 aromatic heterocycles. The molecule has 0 atom stereocenters. The van der Waals surface area contributed by atoms with E-state index in [1.165, 1.54) is 0 Å². The van der Waals surface area contributed by atoms with Crippen molar-refractivity contribution >= 4 is 46.1 Å². The molecule has 1 N–H and O–H groups in total. The molecule has 0 spiro atoms. The maximum absolute atomic E-state index is 12.3. The Labute approximate surface area is 155 Å². The van der Waals surface area contributed by atoms with Crippen molar-refractivity contribution < 1.29 is 23.9 Å². The Morgan fingerprint density at radius 1 is 0.958 bits per heavy atom. The Bertz CT molecular complexity index is 656. The second-order valence-corrected chi connectivity index (χ2v) is 8.39. The van der Waals surface area contributed by atoms with Crippen LogP contribution in [0.15, 0.2) is 18.2 Å². The van der Waals surface area contributed by atoms with Gasteiger partial charge in [-0.25, -0.2) is 9.59 Å². The van der Waals surface area contributed by atoms with Gasteiger partial charge in [0.15, 0.2) is 0 Å². The maximum atomic E-state index is 12.3. The topological polar surface area (TPSA) is 81.7 Å². The second kappa shape index (κ2) is 7.50. The fourth-order valence-corrected chi connectivity index (χ4v) is 2.12. The van der Waals surface area contributed by atoms with Crippen molar-refractivity contribution in [3.05, 3.63) is 27.3 Å². The number of amides is 1. The molecule has 0 bridgehead atoms. The van der Waals surface area contributed by atoms with Gasteiger partial charge in [-0.1, -0.05) is 0 Å². The Morgan fingerprint density at radius 3 is 2.00 bits per heavy atom. The van der Waals surface area contributed by atoms with E-state index in [1.54, 1.807) is 59.7 Å². The van der Waals surface area contributed by atoms with Crippen molar-refractivity contribution in [2.45, 2.75) is 52.7 Å². The lowest BCUT2D eigenvalue weighted by Gasteiger charge is -2.21. The molecule has 6 nitrogen and oxygen atoms in total. The summed E-state index contributed by atoms with van der Waals surface area (Å²) in [5.41, 5.74) is -1.09. The smallest absolute Gasteiger partial charge is 0.397 e. The molecule has 24 heavy (non-hydrogen) atoms. The van der Waals surface area contributed by atoms with E-state index < -0.39 is 29.0 Å². The Hall–Kier alpha value is -1.64. The number of anilines is 1. The fraction of sp³-hybridized carbons (Fsp3) is 0.471. The summed E-state index contributed by atoms with van der Waals surface area (Å²) in [6.45, 7) is 10.2. The van der Waals surface area contributed by atoms with Gasteiger partial charge < -0.3 is 14.8 Å². The first-order valence-electron chi connectivity index (χ1n) is 7.36. The third-order valence-corrected chi connectivity index (χ3v) is 3.10. The summed E-state index contributed by atoms with van der Waals surface area (Å²) in [4.78, 5) is 36.1. The van der Waals surface area contributed by atoms with Gasteiger partial charge in [-0.2, -0.15) is 0 Å². The highest BCUT2D eigenvalue weighted by Crippen LogP contribution is 2.22. The lowest BCUT2D eigenvalue weighted by Crippen LogP contribution is -2.33. The van der Waals surface area contributed by atoms with Crippen molar-refractivity contribution in [2.75, 3.05) is 5.32 Å². The molecule has 0 aliphatic heterocycles. The number of hydrogen-bond donors (Lipinski definition) is 1. The van der Waals surface area contributed by atoms with E-state index >= 15 is 0 Å². The van der Waals surface area contributed by atoms with E-state index in [1.807, 2.05) is 22.6 Å². The normalized spacial score (nSPS) is 11.6. The van der Waals surface area contributed by atoms with Gasteiger partial charge in [-0.3, -0.25) is 4.79 Å². The third-order valence-electron chi connectivity index (χ3n) is 2.43. The number of carbonyl (C=O) groups is 3. The Morgan fingerprint density at radius 2 is 1.50 bits per heavy atom. The number of esters is 2. The quantitative estimate of drug-likeness (QED) is 0.426. The van der Waals surface area contributed by atoms with Crippen LogP contribution in [0.3, 0.4) is 0 Å². The molecule has 0 heterocycles. The molecule has 0 unspecified atom stereocenters. The highest BCUT2D eigenvalue weighted by atomic mass is 127. The van der Waals surface area contributed by atoms with Crippen LogP contribution < -0.4 is 5.32 Å². The van der Waals surface area contributed by atoms with Crippen molar-refractivity contribution in [1.82, 2.24) is 0 Å². The number of nitrogens with one attached hydrogen (secondary N) is 1. The van der Waals surface area contributed by atoms with Crippen molar-refractivity contribution in [3.63, 3.8) is 0 Å². The average molecular weight is 447 g/mol. The van der Waals surface area contributed by atoms with Gasteiger partial charge >= 0.3 is 17.8 Å². The van der Waals surface area contributed by atoms with Crippen molar-refractivity contribution in [1.29, 1.82) is 0 Å². The summed E-state index contributed by atoms with van der Waals surface area (Å²) in [5, 5.41) is 2.41. The first-order valence-corrected chi connectivity index (χ1v) is 8.43. The molecule has 0 radical (unpaired) electrons. The number of rotatable bonds is 2. The Kier molecular flexibility index (Phi) is 6.38. The van der Waals surface area contributed by atoms with Crippen LogP contribution in [0.25, 0.3) is 0 Å². The molecule has 1 aromatic rings. The van der Waals surface area contributed by atoms with Crippen LogP contribution in [0.5, 0.6) is 0 Å². The van der Waals surface area contributed by atoms with Gasteiger partial charge in [0.25, 0.3) is 0 Å². The van der Waals surface area contributed by atoms with Crippen LogP contribution in [0.2, 0.25) is 0 Å². The molecule has 0 saturated heterocycles. The van der Waals surface area contributed by atoms with Gasteiger partial charge in [-0.15, -0.1) is 0 Å². The van der Waals surface area contributed by atoms with E-state index in [0.717, 1.165) is 3.57 Å². The van der Waals surface area contributed by atoms with E-state index in [-0.39, 0.29) is 11.3 Å². The molecule has 1 aromatic carbocycles. The van der Waals surface area contributed by atoms with Crippen LogP contribution in [-0.2, 0) is 19.1 Å². The molecule has 132 valence electrons. The van der Waals surface area contributed by atoms with E-state index in [0.29, 0.717) is 0 Å². The summed E-state index contributed by atoms with van der Waals surface area (Å²) in [6, 6.07) is 4.84. The van der Waals surface area contributed by atoms with Gasteiger partial charge in [0.05, 0.1) is 11.3 Å². The Balaban J connectivity index is 3.02. The molecule has 0 fully saturated rings. The monoisotopic (exact) mass is 447 g/mol. The zero-order chi connectivity index (χ0) is 18.7. The highest BCUT2D eigenvalue weighted by Gasteiger charge is 2.26. The number of benzene rings is 1. The van der Waals surface area contributed by atoms with Gasteiger partial charge in [0, 0.05) is 3.57 Å². The van der Waals surface area contributed by atoms with Crippen LogP contribution in [0.4, 0.5) is 5.69 Å². The molecule has 0 aliphatic rings. The van der Waals surface area contributed by atoms with Crippen LogP contribution in [0.1, 0.15) is 51.9 Å². The summed E-state index contributed by atoms with van der Waals surface area (Å²) in [7, 11) is 0. The predicted molar refractivity (Wildman–Crippen MR) is 98.8 cm³/mol. The second-order valence-electron chi connectivity index (χ2n) is 7.15. The van der Waals surface area contributed by atoms with Gasteiger partial charge in [0.2, 0.25) is 0 Å². The zero-order valence-electron chi connectivity index (χ0n) is 14.7. The van der Waals surface area contributed by atoms with E-state index in [4.69, 9.17) is 9.47 Å². The summed E-state index contributed by atoms with van der Waals surface area (Å²) in [5.74, 6) is -2.55. The van der Waals surface area contributed by atoms with Crippen LogP contribution in [-0.4, -0.2) is 29.0 Å². The van der Waals surface area contributed by atoms with E-state index in [9.17, 15) is 14.4 Å². The van der Waals surface area contributed by atoms with Gasteiger partial charge in [0.1, 0.15) is 11.2 Å². The van der Waals surface area contributed by atoms with E-state index in [2.05, 4.69) is 5.32 Å². The standard InChI is InChI=1S/C17H22INO5/c1-16(2,3)23-14(21)11-9-10(18)7-8-12(11)19-13(20)15(22)24-17(4,5)6/h7-9H,1-6H3,(H,19,20). The lowest BCUT2D eigenvalue weighted by atomic mass is 10.1. The number of ether oxygens (including phenoxy) is 2. The number of carbonyl (C=O) groups excluding carboxylic acids is 3. The summed E-state index contributed by atoms with van der Waals surface area (Å²) < 4.78 is 11.1. The molecule has 0 aliphatic carbocycles. The zero-order valence-corrected chi connectivity index (χ0v) is 16.8. The summed E-state index contributed by atoms with van der Waals surface area (Å²) >= 11 is 2.05. The third kappa shape index (κ3) is 6.86. The first-order chi connectivity index (χ1) is 10.8.